The molecular weight excluding hydrogens is 442 g/mol. The lowest BCUT2D eigenvalue weighted by molar-refractivity contribution is -0.125. The van der Waals surface area contributed by atoms with Crippen LogP contribution in [0.1, 0.15) is 51.4 Å². The number of nitrogens with one attached hydrogen (secondary N) is 1. The first-order valence-electron chi connectivity index (χ1n) is 11.8. The van der Waals surface area contributed by atoms with Gasteiger partial charge >= 0.3 is 0 Å². The average molecular weight is 476 g/mol. The summed E-state index contributed by atoms with van der Waals surface area (Å²) in [5.41, 5.74) is 2.64. The Kier molecular flexibility index (Phi) is 7.77. The fourth-order valence-electron chi connectivity index (χ4n) is 4.64. The number of carbonyl (C=O) groups excluding carboxylic acids is 1. The average Bonchev–Trinajstić information content (AvgIpc) is 3.25. The van der Waals surface area contributed by atoms with Crippen molar-refractivity contribution in [2.45, 2.75) is 68.8 Å². The van der Waals surface area contributed by atoms with Gasteiger partial charge in [-0.25, -0.2) is 13.1 Å². The molecule has 0 unspecified atom stereocenters. The highest BCUT2D eigenvalue weighted by Gasteiger charge is 2.37. The van der Waals surface area contributed by atoms with Crippen LogP contribution >= 0.6 is 0 Å². The van der Waals surface area contributed by atoms with E-state index >= 15 is 0 Å². The summed E-state index contributed by atoms with van der Waals surface area (Å²) in [6.45, 7) is 1.90. The number of ether oxygens (including phenoxy) is 1. The summed E-state index contributed by atoms with van der Waals surface area (Å²) < 4.78 is 35.2. The Morgan fingerprint density at radius 1 is 1.24 bits per heavy atom. The summed E-state index contributed by atoms with van der Waals surface area (Å²) >= 11 is 0. The van der Waals surface area contributed by atoms with Gasteiger partial charge < -0.3 is 10.1 Å². The highest BCUT2D eigenvalue weighted by atomic mass is 32.2. The molecule has 2 heterocycles. The maximum atomic E-state index is 13.5. The predicted molar refractivity (Wildman–Crippen MR) is 125 cm³/mol. The van der Waals surface area contributed by atoms with Crippen LogP contribution in [0.15, 0.2) is 34.7 Å². The fourth-order valence-corrected chi connectivity index (χ4v) is 6.32. The Morgan fingerprint density at radius 2 is 2.12 bits per heavy atom. The van der Waals surface area contributed by atoms with Gasteiger partial charge in [0.2, 0.25) is 15.9 Å². The molecule has 0 bridgehead atoms. The molecule has 0 spiro atoms. The van der Waals surface area contributed by atoms with E-state index in [1.165, 1.54) is 22.7 Å². The highest BCUT2D eigenvalue weighted by molar-refractivity contribution is 7.89. The van der Waals surface area contributed by atoms with Gasteiger partial charge in [-0.15, -0.1) is 5.10 Å². The van der Waals surface area contributed by atoms with Gasteiger partial charge in [0.1, 0.15) is 11.6 Å². The molecule has 180 valence electrons. The minimum atomic E-state index is -3.84. The molecule has 10 heteroatoms. The lowest BCUT2D eigenvalue weighted by atomic mass is 9.97. The number of hydrogen-bond acceptors (Lipinski definition) is 6. The van der Waals surface area contributed by atoms with Crippen molar-refractivity contribution in [1.29, 1.82) is 0 Å². The molecule has 1 amide bonds. The maximum absolute atomic E-state index is 13.5. The molecule has 33 heavy (non-hydrogen) atoms. The zero-order chi connectivity index (χ0) is 23.3. The Morgan fingerprint density at radius 3 is 2.91 bits per heavy atom. The van der Waals surface area contributed by atoms with Crippen LogP contribution in [0.4, 0.5) is 0 Å². The zero-order valence-corrected chi connectivity index (χ0v) is 20.0. The number of piperidine rings is 1. The third kappa shape index (κ3) is 5.44. The van der Waals surface area contributed by atoms with E-state index in [-0.39, 0.29) is 10.8 Å². The Hall–Kier alpha value is -2.30. The SMILES string of the molecule is COCCn1nnc2cc(S(=O)(=O)N3CCCC[C@H]3C(=O)NCCC3=CCCCC3)ccc21. The number of allylic oxidation sites excluding steroid dienone is 1. The molecule has 2 aliphatic rings. The van der Waals surface area contributed by atoms with E-state index in [9.17, 15) is 13.2 Å². The molecule has 1 aromatic heterocycles. The van der Waals surface area contributed by atoms with Gasteiger partial charge in [-0.1, -0.05) is 23.3 Å². The minimum Gasteiger partial charge on any atom is -0.383 e. The maximum Gasteiger partial charge on any atom is 0.243 e. The Bertz CT molecular complexity index is 1110. The molecule has 1 aromatic carbocycles. The smallest absolute Gasteiger partial charge is 0.243 e. The van der Waals surface area contributed by atoms with Gasteiger partial charge in [-0.2, -0.15) is 4.31 Å². The van der Waals surface area contributed by atoms with Crippen molar-refractivity contribution in [3.8, 4) is 0 Å². The molecule has 4 rings (SSSR count). The number of hydrogen-bond donors (Lipinski definition) is 1. The lowest BCUT2D eigenvalue weighted by Crippen LogP contribution is -2.51. The molecule has 1 aliphatic carbocycles. The van der Waals surface area contributed by atoms with Crippen LogP contribution in [0.25, 0.3) is 11.0 Å². The zero-order valence-electron chi connectivity index (χ0n) is 19.2. The number of fused-ring (bicyclic) bond motifs is 1. The molecule has 0 radical (unpaired) electrons. The molecule has 1 saturated heterocycles. The molecule has 1 atom stereocenters. The van der Waals surface area contributed by atoms with Crippen molar-refractivity contribution in [3.63, 3.8) is 0 Å². The van der Waals surface area contributed by atoms with Gasteiger partial charge in [0.25, 0.3) is 0 Å². The second-order valence-corrected chi connectivity index (χ2v) is 10.6. The van der Waals surface area contributed by atoms with E-state index in [4.69, 9.17) is 4.74 Å². The first kappa shape index (κ1) is 23.8. The molecule has 1 fully saturated rings. The second-order valence-electron chi connectivity index (χ2n) is 8.73. The van der Waals surface area contributed by atoms with E-state index < -0.39 is 16.1 Å². The number of carbonyl (C=O) groups is 1. The van der Waals surface area contributed by atoms with E-state index in [1.807, 2.05) is 0 Å². The van der Waals surface area contributed by atoms with E-state index in [2.05, 4.69) is 21.7 Å². The highest BCUT2D eigenvalue weighted by Crippen LogP contribution is 2.27. The van der Waals surface area contributed by atoms with Gasteiger partial charge in [0.05, 0.1) is 23.6 Å². The van der Waals surface area contributed by atoms with Crippen molar-refractivity contribution >= 4 is 27.0 Å². The van der Waals surface area contributed by atoms with Crippen LogP contribution in [-0.2, 0) is 26.1 Å². The van der Waals surface area contributed by atoms with Crippen molar-refractivity contribution in [1.82, 2.24) is 24.6 Å². The van der Waals surface area contributed by atoms with E-state index in [0.29, 0.717) is 38.2 Å². The quantitative estimate of drug-likeness (QED) is 0.559. The molecule has 2 aromatic rings. The summed E-state index contributed by atoms with van der Waals surface area (Å²) in [5.74, 6) is -0.207. The summed E-state index contributed by atoms with van der Waals surface area (Å²) in [7, 11) is -2.23. The molecule has 1 aliphatic heterocycles. The van der Waals surface area contributed by atoms with Crippen molar-refractivity contribution in [2.24, 2.45) is 0 Å². The minimum absolute atomic E-state index is 0.140. The number of sulfonamides is 1. The summed E-state index contributed by atoms with van der Waals surface area (Å²) in [5, 5.41) is 11.2. The topological polar surface area (TPSA) is 106 Å². The summed E-state index contributed by atoms with van der Waals surface area (Å²) in [4.78, 5) is 13.1. The molecule has 1 N–H and O–H groups in total. The number of benzene rings is 1. The molecule has 0 saturated carbocycles. The van der Waals surface area contributed by atoms with Gasteiger partial charge in [0.15, 0.2) is 0 Å². The standard InChI is InChI=1S/C23H33N5O4S/c1-32-16-15-27-21-11-10-19(17-20(21)25-26-27)33(30,31)28-14-6-5-9-22(28)23(29)24-13-12-18-7-3-2-4-8-18/h7,10-11,17,22H,2-6,8-9,12-16H2,1H3,(H,24,29)/t22-/m0/s1. The fraction of sp³-hybridized carbons (Fsp3) is 0.609. The first-order valence-corrected chi connectivity index (χ1v) is 13.2. The number of rotatable bonds is 9. The van der Waals surface area contributed by atoms with Crippen LogP contribution in [0, 0.1) is 0 Å². The third-order valence-corrected chi connectivity index (χ3v) is 8.39. The van der Waals surface area contributed by atoms with Crippen molar-refractivity contribution in [2.75, 3.05) is 26.8 Å². The lowest BCUT2D eigenvalue weighted by Gasteiger charge is -2.33. The molecular formula is C23H33N5O4S. The Balaban J connectivity index is 1.47. The number of amides is 1. The van der Waals surface area contributed by atoms with Crippen LogP contribution in [0.3, 0.4) is 0 Å². The number of nitrogens with zero attached hydrogens (tertiary/aromatic N) is 4. The van der Waals surface area contributed by atoms with E-state index in [1.54, 1.807) is 30.0 Å². The van der Waals surface area contributed by atoms with Gasteiger partial charge in [-0.05, 0) is 63.1 Å². The van der Waals surface area contributed by atoms with Crippen LogP contribution in [-0.4, -0.2) is 66.5 Å². The monoisotopic (exact) mass is 475 g/mol. The second kappa shape index (κ2) is 10.8. The van der Waals surface area contributed by atoms with Crippen LogP contribution in [0.5, 0.6) is 0 Å². The largest absolute Gasteiger partial charge is 0.383 e. The number of methoxy groups -OCH3 is 1. The number of aromatic nitrogens is 3. The van der Waals surface area contributed by atoms with Gasteiger partial charge in [-0.3, -0.25) is 4.79 Å². The van der Waals surface area contributed by atoms with Crippen molar-refractivity contribution in [3.05, 3.63) is 29.8 Å². The third-order valence-electron chi connectivity index (χ3n) is 6.49. The van der Waals surface area contributed by atoms with Crippen molar-refractivity contribution < 1.29 is 17.9 Å². The van der Waals surface area contributed by atoms with Crippen LogP contribution < -0.4 is 5.32 Å². The predicted octanol–water partition coefficient (Wildman–Crippen LogP) is 2.63. The summed E-state index contributed by atoms with van der Waals surface area (Å²) in [6.07, 6.45) is 9.87. The van der Waals surface area contributed by atoms with E-state index in [0.717, 1.165) is 37.6 Å². The summed E-state index contributed by atoms with van der Waals surface area (Å²) in [6, 6.07) is 4.15. The van der Waals surface area contributed by atoms with Gasteiger partial charge in [0, 0.05) is 20.2 Å². The molecule has 9 nitrogen and oxygen atoms in total. The normalized spacial score (nSPS) is 20.0. The first-order chi connectivity index (χ1) is 16.0. The van der Waals surface area contributed by atoms with Crippen LogP contribution in [0.2, 0.25) is 0 Å². The Labute approximate surface area is 195 Å².